The van der Waals surface area contributed by atoms with E-state index in [1.807, 2.05) is 17.2 Å². The zero-order chi connectivity index (χ0) is 16.1. The van der Waals surface area contributed by atoms with Gasteiger partial charge >= 0.3 is 0 Å². The van der Waals surface area contributed by atoms with E-state index in [-0.39, 0.29) is 5.91 Å². The van der Waals surface area contributed by atoms with Crippen molar-refractivity contribution in [2.24, 2.45) is 11.8 Å². The van der Waals surface area contributed by atoms with Crippen LogP contribution >= 0.6 is 0 Å². The van der Waals surface area contributed by atoms with Crippen molar-refractivity contribution in [2.45, 2.75) is 50.5 Å². The second-order valence-electron chi connectivity index (χ2n) is 8.32. The molecular formula is C20H27N3O. The first-order valence-electron chi connectivity index (χ1n) is 9.77. The van der Waals surface area contributed by atoms with Crippen molar-refractivity contribution in [3.63, 3.8) is 0 Å². The van der Waals surface area contributed by atoms with E-state index in [0.29, 0.717) is 11.6 Å². The largest absolute Gasteiger partial charge is 0.335 e. The summed E-state index contributed by atoms with van der Waals surface area (Å²) in [5.74, 6) is 2.74. The van der Waals surface area contributed by atoms with Crippen LogP contribution in [0.25, 0.3) is 0 Å². The molecule has 3 saturated carbocycles. The highest BCUT2D eigenvalue weighted by molar-refractivity contribution is 5.92. The molecule has 0 N–H and O–H groups in total. The van der Waals surface area contributed by atoms with Crippen molar-refractivity contribution in [3.8, 4) is 0 Å². The van der Waals surface area contributed by atoms with Gasteiger partial charge < -0.3 is 4.90 Å². The first-order chi connectivity index (χ1) is 11.8. The summed E-state index contributed by atoms with van der Waals surface area (Å²) in [5, 5.41) is 0. The van der Waals surface area contributed by atoms with Gasteiger partial charge in [0, 0.05) is 38.4 Å². The molecule has 1 aromatic heterocycles. The van der Waals surface area contributed by atoms with Crippen molar-refractivity contribution >= 4 is 5.91 Å². The van der Waals surface area contributed by atoms with E-state index in [0.717, 1.165) is 44.1 Å². The van der Waals surface area contributed by atoms with Crippen LogP contribution in [0, 0.1) is 11.8 Å². The molecule has 3 aliphatic carbocycles. The summed E-state index contributed by atoms with van der Waals surface area (Å²) in [6.07, 6.45) is 10.1. The Balaban J connectivity index is 1.21. The molecule has 1 amide bonds. The first-order valence-corrected chi connectivity index (χ1v) is 9.77. The molecule has 1 aromatic rings. The van der Waals surface area contributed by atoms with Crippen LogP contribution in [0.4, 0.5) is 0 Å². The van der Waals surface area contributed by atoms with Gasteiger partial charge in [0.05, 0.1) is 0 Å². The van der Waals surface area contributed by atoms with Crippen molar-refractivity contribution in [2.75, 3.05) is 26.2 Å². The van der Waals surface area contributed by atoms with Crippen LogP contribution in [0.2, 0.25) is 0 Å². The molecule has 0 radical (unpaired) electrons. The maximum Gasteiger partial charge on any atom is 0.272 e. The summed E-state index contributed by atoms with van der Waals surface area (Å²) in [6.45, 7) is 3.81. The predicted molar refractivity (Wildman–Crippen MR) is 92.9 cm³/mol. The smallest absolute Gasteiger partial charge is 0.272 e. The maximum atomic E-state index is 12.8. The molecule has 0 spiro atoms. The molecule has 3 atom stereocenters. The van der Waals surface area contributed by atoms with E-state index in [4.69, 9.17) is 0 Å². The van der Waals surface area contributed by atoms with Crippen LogP contribution in [0.5, 0.6) is 0 Å². The summed E-state index contributed by atoms with van der Waals surface area (Å²) in [4.78, 5) is 21.8. The topological polar surface area (TPSA) is 36.4 Å². The van der Waals surface area contributed by atoms with Gasteiger partial charge in [-0.2, -0.15) is 0 Å². The third kappa shape index (κ3) is 2.65. The Morgan fingerprint density at radius 2 is 1.88 bits per heavy atom. The fourth-order valence-electron chi connectivity index (χ4n) is 5.31. The molecule has 0 unspecified atom stereocenters. The lowest BCUT2D eigenvalue weighted by atomic mass is 9.93. The normalized spacial score (nSPS) is 33.2. The van der Waals surface area contributed by atoms with Crippen LogP contribution < -0.4 is 0 Å². The number of hydrogen-bond acceptors (Lipinski definition) is 3. The highest BCUT2D eigenvalue weighted by Crippen LogP contribution is 2.46. The summed E-state index contributed by atoms with van der Waals surface area (Å²) >= 11 is 0. The Labute approximate surface area is 144 Å². The fraction of sp³-hybridized carbons (Fsp3) is 0.700. The third-order valence-corrected chi connectivity index (χ3v) is 6.82. The molecule has 2 bridgehead atoms. The van der Waals surface area contributed by atoms with Crippen molar-refractivity contribution in [1.29, 1.82) is 0 Å². The SMILES string of the molecule is O=C(c1cc(C2CC2)ccn1)N1CCN([C@@H]2C[C@@H]3CC[C@H]2C3)CC1. The summed E-state index contributed by atoms with van der Waals surface area (Å²) in [6, 6.07) is 4.90. The number of fused-ring (bicyclic) bond motifs is 2. The van der Waals surface area contributed by atoms with Gasteiger partial charge in [0.1, 0.15) is 5.69 Å². The van der Waals surface area contributed by atoms with E-state index < -0.39 is 0 Å². The Hall–Kier alpha value is -1.42. The van der Waals surface area contributed by atoms with E-state index >= 15 is 0 Å². The molecule has 128 valence electrons. The Morgan fingerprint density at radius 3 is 2.54 bits per heavy atom. The van der Waals surface area contributed by atoms with Crippen molar-refractivity contribution < 1.29 is 4.79 Å². The number of carbonyl (C=O) groups excluding carboxylic acids is 1. The predicted octanol–water partition coefficient (Wildman–Crippen LogP) is 2.91. The molecule has 2 heterocycles. The number of aromatic nitrogens is 1. The zero-order valence-corrected chi connectivity index (χ0v) is 14.4. The average molecular weight is 325 g/mol. The number of hydrogen-bond donors (Lipinski definition) is 0. The number of pyridine rings is 1. The number of amides is 1. The molecule has 4 fully saturated rings. The summed E-state index contributed by atoms with van der Waals surface area (Å²) < 4.78 is 0. The number of nitrogens with zero attached hydrogens (tertiary/aromatic N) is 3. The van der Waals surface area contributed by atoms with E-state index in [1.165, 1.54) is 44.1 Å². The second kappa shape index (κ2) is 5.83. The molecule has 0 aromatic carbocycles. The van der Waals surface area contributed by atoms with Crippen molar-refractivity contribution in [3.05, 3.63) is 29.6 Å². The van der Waals surface area contributed by atoms with Crippen LogP contribution in [0.1, 0.15) is 60.5 Å². The Bertz CT molecular complexity index is 634. The fourth-order valence-corrected chi connectivity index (χ4v) is 5.31. The number of carbonyl (C=O) groups is 1. The number of rotatable bonds is 3. The molecule has 1 aliphatic heterocycles. The van der Waals surface area contributed by atoms with Gasteiger partial charge in [-0.25, -0.2) is 0 Å². The summed E-state index contributed by atoms with van der Waals surface area (Å²) in [5.41, 5.74) is 1.95. The lowest BCUT2D eigenvalue weighted by molar-refractivity contribution is 0.0491. The number of piperazine rings is 1. The van der Waals surface area contributed by atoms with Crippen LogP contribution in [-0.2, 0) is 0 Å². The van der Waals surface area contributed by atoms with Gasteiger partial charge in [-0.1, -0.05) is 6.42 Å². The van der Waals surface area contributed by atoms with Gasteiger partial charge in [0.25, 0.3) is 5.91 Å². The second-order valence-corrected chi connectivity index (χ2v) is 8.32. The van der Waals surface area contributed by atoms with Crippen LogP contribution in [0.15, 0.2) is 18.3 Å². The maximum absolute atomic E-state index is 12.8. The Kier molecular flexibility index (Phi) is 3.62. The van der Waals surface area contributed by atoms with Crippen LogP contribution in [0.3, 0.4) is 0 Å². The Morgan fingerprint density at radius 1 is 1.04 bits per heavy atom. The minimum Gasteiger partial charge on any atom is -0.335 e. The molecule has 5 rings (SSSR count). The molecule has 1 saturated heterocycles. The molecule has 4 heteroatoms. The molecule has 4 aliphatic rings. The van der Waals surface area contributed by atoms with Gasteiger partial charge in [-0.15, -0.1) is 0 Å². The van der Waals surface area contributed by atoms with E-state index in [9.17, 15) is 4.79 Å². The van der Waals surface area contributed by atoms with Crippen molar-refractivity contribution in [1.82, 2.24) is 14.8 Å². The summed E-state index contributed by atoms with van der Waals surface area (Å²) in [7, 11) is 0. The van der Waals surface area contributed by atoms with Crippen LogP contribution in [-0.4, -0.2) is 52.9 Å². The average Bonchev–Trinajstić information content (AvgIpc) is 3.28. The minimum atomic E-state index is 0.130. The molecule has 4 nitrogen and oxygen atoms in total. The van der Waals surface area contributed by atoms with Gasteiger partial charge in [0.2, 0.25) is 0 Å². The third-order valence-electron chi connectivity index (χ3n) is 6.82. The minimum absolute atomic E-state index is 0.130. The lowest BCUT2D eigenvalue weighted by Gasteiger charge is -2.41. The monoisotopic (exact) mass is 325 g/mol. The van der Waals surface area contributed by atoms with Gasteiger partial charge in [-0.05, 0) is 67.6 Å². The van der Waals surface area contributed by atoms with Gasteiger partial charge in [-0.3, -0.25) is 14.7 Å². The first kappa shape index (κ1) is 14.9. The van der Waals surface area contributed by atoms with Gasteiger partial charge in [0.15, 0.2) is 0 Å². The van der Waals surface area contributed by atoms with E-state index in [1.54, 1.807) is 0 Å². The molecular weight excluding hydrogens is 298 g/mol. The zero-order valence-electron chi connectivity index (χ0n) is 14.4. The highest BCUT2D eigenvalue weighted by atomic mass is 16.2. The highest BCUT2D eigenvalue weighted by Gasteiger charge is 2.43. The quantitative estimate of drug-likeness (QED) is 0.857. The molecule has 24 heavy (non-hydrogen) atoms. The lowest BCUT2D eigenvalue weighted by Crippen LogP contribution is -2.53. The standard InChI is InChI=1S/C20H27N3O/c24-20(18-13-16(5-6-21-18)15-3-4-15)23-9-7-22(8-10-23)19-12-14-1-2-17(19)11-14/h5-6,13-15,17,19H,1-4,7-12H2/t14-,17+,19-/m1/s1. The van der Waals surface area contributed by atoms with E-state index in [2.05, 4.69) is 16.0 Å².